The summed E-state index contributed by atoms with van der Waals surface area (Å²) in [6.45, 7) is 0. The van der Waals surface area contributed by atoms with E-state index in [1.807, 2.05) is 41.0 Å². The summed E-state index contributed by atoms with van der Waals surface area (Å²) in [7, 11) is 1.45. The van der Waals surface area contributed by atoms with Gasteiger partial charge in [-0.3, -0.25) is 4.57 Å². The van der Waals surface area contributed by atoms with Crippen molar-refractivity contribution in [2.24, 2.45) is 10.9 Å². The maximum Gasteiger partial charge on any atom is 0.170 e. The molecule has 0 saturated heterocycles. The van der Waals surface area contributed by atoms with Crippen LogP contribution in [-0.4, -0.2) is 27.7 Å². The molecule has 28 heavy (non-hydrogen) atoms. The highest BCUT2D eigenvalue weighted by Crippen LogP contribution is 2.33. The van der Waals surface area contributed by atoms with E-state index in [1.54, 1.807) is 24.5 Å². The first-order chi connectivity index (χ1) is 13.6. The second-order valence-corrected chi connectivity index (χ2v) is 6.17. The van der Waals surface area contributed by atoms with Crippen LogP contribution in [0.3, 0.4) is 0 Å². The van der Waals surface area contributed by atoms with E-state index in [4.69, 9.17) is 15.7 Å². The van der Waals surface area contributed by atoms with Gasteiger partial charge >= 0.3 is 0 Å². The van der Waals surface area contributed by atoms with Gasteiger partial charge in [-0.2, -0.15) is 0 Å². The second kappa shape index (κ2) is 7.03. The van der Waals surface area contributed by atoms with Crippen LogP contribution >= 0.6 is 0 Å². The largest absolute Gasteiger partial charge is 0.493 e. The van der Waals surface area contributed by atoms with Gasteiger partial charge in [0, 0.05) is 16.8 Å². The van der Waals surface area contributed by atoms with Crippen molar-refractivity contribution in [1.29, 1.82) is 0 Å². The normalized spacial score (nSPS) is 11.7. The summed E-state index contributed by atoms with van der Waals surface area (Å²) in [5.41, 5.74) is 10.2. The number of nitrogens with two attached hydrogens (primary N) is 1. The van der Waals surface area contributed by atoms with E-state index in [-0.39, 0.29) is 11.6 Å². The van der Waals surface area contributed by atoms with E-state index in [0.29, 0.717) is 16.6 Å². The molecule has 0 aliphatic carbocycles. The number of benzene rings is 3. The maximum atomic E-state index is 14.1. The average Bonchev–Trinajstić information content (AvgIpc) is 3.16. The number of amidine groups is 1. The van der Waals surface area contributed by atoms with Crippen LogP contribution in [0.1, 0.15) is 5.56 Å². The summed E-state index contributed by atoms with van der Waals surface area (Å²) in [5.74, 6) is -0.177. The minimum atomic E-state index is -0.408. The average molecular weight is 376 g/mol. The number of ether oxygens (including phenoxy) is 1. The summed E-state index contributed by atoms with van der Waals surface area (Å²) >= 11 is 0. The Morgan fingerprint density at radius 3 is 2.75 bits per heavy atom. The molecule has 1 aromatic heterocycles. The first-order valence-electron chi connectivity index (χ1n) is 8.50. The van der Waals surface area contributed by atoms with Gasteiger partial charge in [-0.05, 0) is 42.0 Å². The maximum absolute atomic E-state index is 14.1. The summed E-state index contributed by atoms with van der Waals surface area (Å²) in [6, 6.07) is 17.9. The fraction of sp³-hybridized carbons (Fsp3) is 0.0476. The predicted octanol–water partition coefficient (Wildman–Crippen LogP) is 3.93. The van der Waals surface area contributed by atoms with Crippen molar-refractivity contribution in [2.75, 3.05) is 7.11 Å². The lowest BCUT2D eigenvalue weighted by molar-refractivity contribution is 0.318. The lowest BCUT2D eigenvalue weighted by Crippen LogP contribution is -2.12. The number of rotatable bonds is 4. The van der Waals surface area contributed by atoms with Crippen molar-refractivity contribution in [3.63, 3.8) is 0 Å². The lowest BCUT2D eigenvalue weighted by Gasteiger charge is -2.11. The predicted molar refractivity (Wildman–Crippen MR) is 106 cm³/mol. The molecule has 7 heteroatoms. The molecule has 0 saturated carbocycles. The molecule has 4 aromatic rings. The van der Waals surface area contributed by atoms with Crippen LogP contribution in [0.15, 0.2) is 72.1 Å². The van der Waals surface area contributed by atoms with Crippen molar-refractivity contribution in [2.45, 2.75) is 0 Å². The fourth-order valence-electron chi connectivity index (χ4n) is 3.20. The van der Waals surface area contributed by atoms with Gasteiger partial charge in [-0.15, -0.1) is 0 Å². The minimum absolute atomic E-state index is 0.0247. The fourth-order valence-corrected chi connectivity index (χ4v) is 3.20. The SMILES string of the molecule is COc1c(F)cccc1-c1cccc(-n2cnc3cc(C(N)=NO)ccc32)c1. The Hall–Kier alpha value is -3.87. The molecule has 0 aliphatic heterocycles. The van der Waals surface area contributed by atoms with E-state index in [9.17, 15) is 4.39 Å². The van der Waals surface area contributed by atoms with Crippen LogP contribution in [0, 0.1) is 5.82 Å². The van der Waals surface area contributed by atoms with Gasteiger partial charge in [0.2, 0.25) is 0 Å². The zero-order valence-electron chi connectivity index (χ0n) is 15.0. The number of oxime groups is 1. The summed E-state index contributed by atoms with van der Waals surface area (Å²) in [6.07, 6.45) is 1.70. The molecule has 0 amide bonds. The molecular formula is C21H17FN4O2. The second-order valence-electron chi connectivity index (χ2n) is 6.17. The van der Waals surface area contributed by atoms with Crippen LogP contribution in [0.2, 0.25) is 0 Å². The first kappa shape index (κ1) is 17.5. The number of hydrogen-bond donors (Lipinski definition) is 2. The third kappa shape index (κ3) is 2.92. The number of para-hydroxylation sites is 1. The van der Waals surface area contributed by atoms with E-state index in [2.05, 4.69) is 10.1 Å². The molecule has 4 rings (SSSR count). The molecule has 140 valence electrons. The van der Waals surface area contributed by atoms with Crippen LogP contribution < -0.4 is 10.5 Å². The van der Waals surface area contributed by atoms with E-state index >= 15 is 0 Å². The van der Waals surface area contributed by atoms with Crippen LogP contribution in [0.5, 0.6) is 5.75 Å². The highest BCUT2D eigenvalue weighted by atomic mass is 19.1. The Morgan fingerprint density at radius 2 is 1.96 bits per heavy atom. The van der Waals surface area contributed by atoms with Gasteiger partial charge in [0.15, 0.2) is 17.4 Å². The number of halogens is 1. The highest BCUT2D eigenvalue weighted by Gasteiger charge is 2.12. The molecule has 0 fully saturated rings. The number of methoxy groups -OCH3 is 1. The zero-order valence-corrected chi connectivity index (χ0v) is 15.0. The first-order valence-corrected chi connectivity index (χ1v) is 8.50. The quantitative estimate of drug-likeness (QED) is 0.245. The third-order valence-corrected chi connectivity index (χ3v) is 4.56. The van der Waals surface area contributed by atoms with Gasteiger partial charge in [-0.1, -0.05) is 29.4 Å². The number of imidazole rings is 1. The van der Waals surface area contributed by atoms with Crippen molar-refractivity contribution in [1.82, 2.24) is 9.55 Å². The molecule has 1 heterocycles. The van der Waals surface area contributed by atoms with Crippen molar-refractivity contribution >= 4 is 16.9 Å². The Morgan fingerprint density at radius 1 is 1.14 bits per heavy atom. The molecular weight excluding hydrogens is 359 g/mol. The Balaban J connectivity index is 1.82. The Bertz CT molecular complexity index is 1200. The number of aromatic nitrogens is 2. The lowest BCUT2D eigenvalue weighted by atomic mass is 10.0. The van der Waals surface area contributed by atoms with Crippen molar-refractivity contribution in [3.05, 3.63) is 78.4 Å². The molecule has 0 spiro atoms. The smallest absolute Gasteiger partial charge is 0.170 e. The molecule has 6 nitrogen and oxygen atoms in total. The standard InChI is InChI=1S/C21H17FN4O2/c1-28-20-16(6-3-7-17(20)22)13-4-2-5-15(10-13)26-12-24-18-11-14(21(23)25-27)8-9-19(18)26/h2-12,27H,1H3,(H2,23,25). The summed E-state index contributed by atoms with van der Waals surface area (Å²) in [5, 5.41) is 11.9. The molecule has 0 bridgehead atoms. The van der Waals surface area contributed by atoms with E-state index in [1.165, 1.54) is 13.2 Å². The van der Waals surface area contributed by atoms with Gasteiger partial charge in [0.1, 0.15) is 6.33 Å². The van der Waals surface area contributed by atoms with Gasteiger partial charge in [-0.25, -0.2) is 9.37 Å². The number of fused-ring (bicyclic) bond motifs is 1. The highest BCUT2D eigenvalue weighted by molar-refractivity contribution is 5.99. The van der Waals surface area contributed by atoms with E-state index < -0.39 is 5.82 Å². The van der Waals surface area contributed by atoms with E-state index in [0.717, 1.165) is 16.8 Å². The molecule has 0 unspecified atom stereocenters. The van der Waals surface area contributed by atoms with Crippen LogP contribution in [0.4, 0.5) is 4.39 Å². The van der Waals surface area contributed by atoms with Crippen LogP contribution in [0.25, 0.3) is 27.8 Å². The molecule has 0 atom stereocenters. The van der Waals surface area contributed by atoms with Crippen LogP contribution in [-0.2, 0) is 0 Å². The summed E-state index contributed by atoms with van der Waals surface area (Å²) in [4.78, 5) is 4.41. The third-order valence-electron chi connectivity index (χ3n) is 4.56. The van der Waals surface area contributed by atoms with Gasteiger partial charge in [0.25, 0.3) is 0 Å². The van der Waals surface area contributed by atoms with Gasteiger partial charge < -0.3 is 15.7 Å². The Labute approximate surface area is 160 Å². The molecule has 0 aliphatic rings. The zero-order chi connectivity index (χ0) is 19.7. The van der Waals surface area contributed by atoms with Crippen molar-refractivity contribution in [3.8, 4) is 22.6 Å². The number of hydrogen-bond acceptors (Lipinski definition) is 4. The molecule has 0 radical (unpaired) electrons. The van der Waals surface area contributed by atoms with Crippen molar-refractivity contribution < 1.29 is 14.3 Å². The molecule has 3 aromatic carbocycles. The topological polar surface area (TPSA) is 85.7 Å². The molecule has 3 N–H and O–H groups in total. The number of nitrogens with zero attached hydrogens (tertiary/aromatic N) is 3. The summed E-state index contributed by atoms with van der Waals surface area (Å²) < 4.78 is 21.2. The monoisotopic (exact) mass is 376 g/mol. The van der Waals surface area contributed by atoms with Gasteiger partial charge in [0.05, 0.1) is 18.1 Å². The Kier molecular flexibility index (Phi) is 4.41. The minimum Gasteiger partial charge on any atom is -0.493 e.